The summed E-state index contributed by atoms with van der Waals surface area (Å²) in [6.45, 7) is 4.04. The third kappa shape index (κ3) is 2.49. The van der Waals surface area contributed by atoms with E-state index in [4.69, 9.17) is 9.47 Å². The van der Waals surface area contributed by atoms with Crippen molar-refractivity contribution in [1.82, 2.24) is 0 Å². The van der Waals surface area contributed by atoms with Gasteiger partial charge in [-0.1, -0.05) is 54.1 Å². The first-order valence-electron chi connectivity index (χ1n) is 11.7. The second kappa shape index (κ2) is 7.19. The average molecular weight is 427 g/mol. The molecule has 0 aliphatic heterocycles. The van der Waals surface area contributed by atoms with E-state index in [2.05, 4.69) is 48.5 Å². The Kier molecular flexibility index (Phi) is 4.39. The van der Waals surface area contributed by atoms with Gasteiger partial charge in [0.1, 0.15) is 5.57 Å². The summed E-state index contributed by atoms with van der Waals surface area (Å²) < 4.78 is 10.5. The van der Waals surface area contributed by atoms with E-state index in [1.54, 1.807) is 13.8 Å². The molecule has 2 aromatic carbocycles. The van der Waals surface area contributed by atoms with Gasteiger partial charge in [-0.2, -0.15) is 0 Å². The third-order valence-electron chi connectivity index (χ3n) is 7.80. The van der Waals surface area contributed by atoms with Crippen LogP contribution in [0.2, 0.25) is 0 Å². The fourth-order valence-corrected chi connectivity index (χ4v) is 6.92. The Bertz CT molecular complexity index is 1130. The lowest BCUT2D eigenvalue weighted by Gasteiger charge is -2.22. The molecule has 2 aromatic rings. The molecule has 4 unspecified atom stereocenters. The zero-order chi connectivity index (χ0) is 22.0. The highest BCUT2D eigenvalue weighted by molar-refractivity contribution is 6.15. The summed E-state index contributed by atoms with van der Waals surface area (Å²) in [5.41, 5.74) is 9.36. The van der Waals surface area contributed by atoms with E-state index < -0.39 is 11.9 Å². The van der Waals surface area contributed by atoms with E-state index >= 15 is 0 Å². The van der Waals surface area contributed by atoms with Gasteiger partial charge in [0.15, 0.2) is 0 Å². The van der Waals surface area contributed by atoms with Gasteiger partial charge in [-0.05, 0) is 83.8 Å². The van der Waals surface area contributed by atoms with Gasteiger partial charge in [-0.15, -0.1) is 0 Å². The van der Waals surface area contributed by atoms with Crippen LogP contribution in [0.15, 0.2) is 65.3 Å². The fraction of sp³-hybridized carbons (Fsp3) is 0.357. The Morgan fingerprint density at radius 2 is 1.16 bits per heavy atom. The van der Waals surface area contributed by atoms with Crippen molar-refractivity contribution >= 4 is 17.5 Å². The van der Waals surface area contributed by atoms with Crippen molar-refractivity contribution in [3.05, 3.63) is 76.4 Å². The molecule has 5 aliphatic rings. The molecule has 0 radical (unpaired) electrons. The Hall–Kier alpha value is -3.14. The number of allylic oxidation sites excluding steroid dienone is 2. The van der Waals surface area contributed by atoms with Crippen LogP contribution in [0.3, 0.4) is 0 Å². The molecule has 0 aromatic heterocycles. The number of carbonyl (C=O) groups is 2. The number of rotatable bonds is 4. The van der Waals surface area contributed by atoms with Crippen LogP contribution in [-0.4, -0.2) is 25.2 Å². The largest absolute Gasteiger partial charge is 0.462 e. The maximum absolute atomic E-state index is 12.8. The molecule has 0 amide bonds. The van der Waals surface area contributed by atoms with E-state index in [-0.39, 0.29) is 30.6 Å². The smallest absolute Gasteiger partial charge is 0.345 e. The minimum atomic E-state index is -0.523. The first-order valence-corrected chi connectivity index (χ1v) is 11.7. The average Bonchev–Trinajstić information content (AvgIpc) is 3.57. The molecule has 7 rings (SSSR count). The first-order chi connectivity index (χ1) is 15.7. The molecule has 0 N–H and O–H groups in total. The van der Waals surface area contributed by atoms with E-state index in [1.807, 2.05) is 0 Å². The SMILES string of the molecule is CCOC(=O)C(C(=O)OCC)=C1C2CC3C(=C4c5ccccc5-c5ccccc54)C2CC13. The monoisotopic (exact) mass is 426 g/mol. The molecule has 5 aliphatic carbocycles. The number of benzene rings is 2. The summed E-state index contributed by atoms with van der Waals surface area (Å²) >= 11 is 0. The predicted molar refractivity (Wildman–Crippen MR) is 121 cm³/mol. The second-order valence-electron chi connectivity index (χ2n) is 9.09. The fourth-order valence-electron chi connectivity index (χ4n) is 6.92. The summed E-state index contributed by atoms with van der Waals surface area (Å²) in [6, 6.07) is 17.3. The van der Waals surface area contributed by atoms with Crippen molar-refractivity contribution < 1.29 is 19.1 Å². The zero-order valence-electron chi connectivity index (χ0n) is 18.4. The maximum Gasteiger partial charge on any atom is 0.345 e. The predicted octanol–water partition coefficient (Wildman–Crippen LogP) is 5.18. The van der Waals surface area contributed by atoms with E-state index in [1.165, 1.54) is 33.4 Å². The Balaban J connectivity index is 1.48. The Morgan fingerprint density at radius 1 is 0.719 bits per heavy atom. The van der Waals surface area contributed by atoms with Gasteiger partial charge in [0.25, 0.3) is 0 Å². The number of ether oxygens (including phenoxy) is 2. The molecule has 4 heteroatoms. The van der Waals surface area contributed by atoms with Crippen molar-refractivity contribution in [3.63, 3.8) is 0 Å². The molecular weight excluding hydrogens is 400 g/mol. The van der Waals surface area contributed by atoms with Crippen LogP contribution in [0.4, 0.5) is 0 Å². The van der Waals surface area contributed by atoms with Gasteiger partial charge in [0.05, 0.1) is 13.2 Å². The number of fused-ring (bicyclic) bond motifs is 3. The first kappa shape index (κ1) is 19.5. The van der Waals surface area contributed by atoms with E-state index in [0.717, 1.165) is 18.4 Å². The van der Waals surface area contributed by atoms with Crippen LogP contribution in [0.25, 0.3) is 16.7 Å². The zero-order valence-corrected chi connectivity index (χ0v) is 18.4. The Morgan fingerprint density at radius 3 is 1.59 bits per heavy atom. The summed E-state index contributed by atoms with van der Waals surface area (Å²) in [5, 5.41) is 0. The lowest BCUT2D eigenvalue weighted by Crippen LogP contribution is -2.23. The van der Waals surface area contributed by atoms with Crippen LogP contribution in [0.1, 0.15) is 37.8 Å². The summed E-state index contributed by atoms with van der Waals surface area (Å²) in [7, 11) is 0. The summed E-state index contributed by atoms with van der Waals surface area (Å²) in [4.78, 5) is 25.5. The molecule has 4 nitrogen and oxygen atoms in total. The van der Waals surface area contributed by atoms with Gasteiger partial charge >= 0.3 is 11.9 Å². The van der Waals surface area contributed by atoms with E-state index in [0.29, 0.717) is 11.8 Å². The van der Waals surface area contributed by atoms with Crippen LogP contribution in [0, 0.1) is 23.7 Å². The van der Waals surface area contributed by atoms with Crippen LogP contribution < -0.4 is 0 Å². The molecule has 32 heavy (non-hydrogen) atoms. The van der Waals surface area contributed by atoms with Crippen LogP contribution in [0.5, 0.6) is 0 Å². The molecule has 4 fully saturated rings. The third-order valence-corrected chi connectivity index (χ3v) is 7.80. The lowest BCUT2D eigenvalue weighted by atomic mass is 9.83. The molecule has 4 saturated carbocycles. The van der Waals surface area contributed by atoms with Crippen molar-refractivity contribution in [3.8, 4) is 11.1 Å². The molecule has 0 heterocycles. The maximum atomic E-state index is 12.8. The van der Waals surface area contributed by atoms with Gasteiger partial charge in [0.2, 0.25) is 0 Å². The van der Waals surface area contributed by atoms with Crippen molar-refractivity contribution in [1.29, 1.82) is 0 Å². The van der Waals surface area contributed by atoms with Crippen molar-refractivity contribution in [2.45, 2.75) is 26.7 Å². The lowest BCUT2D eigenvalue weighted by molar-refractivity contribution is -0.146. The van der Waals surface area contributed by atoms with Crippen LogP contribution >= 0.6 is 0 Å². The molecule has 4 atom stereocenters. The summed E-state index contributed by atoms with van der Waals surface area (Å²) in [6.07, 6.45) is 2.02. The topological polar surface area (TPSA) is 52.6 Å². The van der Waals surface area contributed by atoms with Crippen molar-refractivity contribution in [2.24, 2.45) is 23.7 Å². The minimum Gasteiger partial charge on any atom is -0.462 e. The van der Waals surface area contributed by atoms with Gasteiger partial charge in [-0.25, -0.2) is 9.59 Å². The number of hydrogen-bond donors (Lipinski definition) is 0. The molecule has 0 spiro atoms. The van der Waals surface area contributed by atoms with E-state index in [9.17, 15) is 9.59 Å². The van der Waals surface area contributed by atoms with Gasteiger partial charge in [0, 0.05) is 0 Å². The second-order valence-corrected chi connectivity index (χ2v) is 9.09. The van der Waals surface area contributed by atoms with Crippen LogP contribution in [-0.2, 0) is 19.1 Å². The number of esters is 2. The highest BCUT2D eigenvalue weighted by Crippen LogP contribution is 2.71. The quantitative estimate of drug-likeness (QED) is 0.250. The Labute approximate surface area is 187 Å². The molecule has 4 bridgehead atoms. The highest BCUT2D eigenvalue weighted by Gasteiger charge is 2.62. The molecule has 0 saturated heterocycles. The summed E-state index contributed by atoms with van der Waals surface area (Å²) in [5.74, 6) is 0.184. The standard InChI is InChI=1S/C28H26O4/c1-3-31-27(29)26(28(30)32-4-2)25-21-13-19-22(25)14-20(21)24(19)23-17-11-7-5-9-15(17)16-10-6-8-12-18(16)23/h5-12,19-22H,3-4,13-14H2,1-2H3. The number of hydrogen-bond acceptors (Lipinski definition) is 4. The van der Waals surface area contributed by atoms with Gasteiger partial charge in [-0.3, -0.25) is 0 Å². The van der Waals surface area contributed by atoms with Gasteiger partial charge < -0.3 is 9.47 Å². The normalized spacial score (nSPS) is 25.9. The molecular formula is C28H26O4. The molecule has 162 valence electrons. The minimum absolute atomic E-state index is 0.171. The number of carbonyl (C=O) groups excluding carboxylic acids is 2. The highest BCUT2D eigenvalue weighted by atomic mass is 16.6. The van der Waals surface area contributed by atoms with Crippen molar-refractivity contribution in [2.75, 3.05) is 13.2 Å².